The molecule has 7 nitrogen and oxygen atoms in total. The Morgan fingerprint density at radius 3 is 2.21 bits per heavy atom. The Labute approximate surface area is 138 Å². The molecule has 0 aliphatic rings. The SMILES string of the molecule is CNC(=O)NC(=O)[C@@H](OC(=O)c1ccc(O)cc1)c1ccccc1. The maximum Gasteiger partial charge on any atom is 0.339 e. The van der Waals surface area contributed by atoms with Gasteiger partial charge in [-0.2, -0.15) is 0 Å². The second-order valence-corrected chi connectivity index (χ2v) is 4.81. The number of hydrogen-bond acceptors (Lipinski definition) is 5. The van der Waals surface area contributed by atoms with Crippen LogP contribution in [0.2, 0.25) is 0 Å². The Kier molecular flexibility index (Phi) is 5.51. The first kappa shape index (κ1) is 17.0. The van der Waals surface area contributed by atoms with Crippen molar-refractivity contribution in [3.05, 3.63) is 65.7 Å². The summed E-state index contributed by atoms with van der Waals surface area (Å²) < 4.78 is 5.26. The summed E-state index contributed by atoms with van der Waals surface area (Å²) in [7, 11) is 1.36. The van der Waals surface area contributed by atoms with Crippen LogP contribution in [0.5, 0.6) is 5.75 Å². The van der Waals surface area contributed by atoms with E-state index in [1.807, 2.05) is 0 Å². The third-order valence-corrected chi connectivity index (χ3v) is 3.13. The average molecular weight is 328 g/mol. The van der Waals surface area contributed by atoms with Crippen molar-refractivity contribution in [2.45, 2.75) is 6.10 Å². The molecule has 0 aliphatic heterocycles. The van der Waals surface area contributed by atoms with Crippen LogP contribution in [-0.2, 0) is 9.53 Å². The van der Waals surface area contributed by atoms with Crippen LogP contribution in [-0.4, -0.2) is 30.1 Å². The number of esters is 1. The number of amides is 3. The van der Waals surface area contributed by atoms with Crippen molar-refractivity contribution in [2.75, 3.05) is 7.05 Å². The van der Waals surface area contributed by atoms with Crippen LogP contribution < -0.4 is 10.6 Å². The molecule has 0 spiro atoms. The van der Waals surface area contributed by atoms with Crippen molar-refractivity contribution in [1.29, 1.82) is 0 Å². The molecule has 0 bridgehead atoms. The van der Waals surface area contributed by atoms with Gasteiger partial charge >= 0.3 is 12.0 Å². The summed E-state index contributed by atoms with van der Waals surface area (Å²) in [4.78, 5) is 35.8. The standard InChI is InChI=1S/C17H16N2O5/c1-18-17(23)19-15(21)14(11-5-3-2-4-6-11)24-16(22)12-7-9-13(20)10-8-12/h2-10,14,20H,1H3,(H2,18,19,21,23)/t14-/m0/s1. The molecule has 0 fully saturated rings. The maximum absolute atomic E-state index is 12.2. The maximum atomic E-state index is 12.2. The number of phenolic OH excluding ortho intramolecular Hbond substituents is 1. The largest absolute Gasteiger partial charge is 0.508 e. The van der Waals surface area contributed by atoms with E-state index >= 15 is 0 Å². The minimum absolute atomic E-state index is 0.00326. The summed E-state index contributed by atoms with van der Waals surface area (Å²) in [6.07, 6.45) is -1.29. The predicted octanol–water partition coefficient (Wildman–Crippen LogP) is 1.75. The summed E-state index contributed by atoms with van der Waals surface area (Å²) >= 11 is 0. The number of rotatable bonds is 4. The van der Waals surface area contributed by atoms with E-state index < -0.39 is 24.0 Å². The van der Waals surface area contributed by atoms with E-state index in [9.17, 15) is 19.5 Å². The van der Waals surface area contributed by atoms with Gasteiger partial charge in [0.1, 0.15) is 5.75 Å². The number of aromatic hydroxyl groups is 1. The van der Waals surface area contributed by atoms with Gasteiger partial charge in [-0.05, 0) is 24.3 Å². The fourth-order valence-electron chi connectivity index (χ4n) is 1.91. The van der Waals surface area contributed by atoms with Crippen LogP contribution in [0.1, 0.15) is 22.0 Å². The second-order valence-electron chi connectivity index (χ2n) is 4.81. The van der Waals surface area contributed by atoms with Crippen LogP contribution >= 0.6 is 0 Å². The minimum atomic E-state index is -1.29. The highest BCUT2D eigenvalue weighted by Gasteiger charge is 2.26. The third-order valence-electron chi connectivity index (χ3n) is 3.13. The first-order valence-electron chi connectivity index (χ1n) is 7.09. The zero-order valence-electron chi connectivity index (χ0n) is 12.9. The first-order valence-corrected chi connectivity index (χ1v) is 7.09. The summed E-state index contributed by atoms with van der Waals surface area (Å²) in [5, 5.41) is 13.6. The predicted molar refractivity (Wildman–Crippen MR) is 85.3 cm³/mol. The molecule has 0 aromatic heterocycles. The molecule has 0 aliphatic carbocycles. The summed E-state index contributed by atoms with van der Waals surface area (Å²) in [6.45, 7) is 0. The fraction of sp³-hybridized carbons (Fsp3) is 0.118. The molecular weight excluding hydrogens is 312 g/mol. The zero-order chi connectivity index (χ0) is 17.5. The smallest absolute Gasteiger partial charge is 0.339 e. The van der Waals surface area contributed by atoms with Crippen molar-refractivity contribution in [3.8, 4) is 5.75 Å². The number of imide groups is 1. The van der Waals surface area contributed by atoms with E-state index in [1.165, 1.54) is 31.3 Å². The Hall–Kier alpha value is -3.35. The first-order chi connectivity index (χ1) is 11.5. The molecule has 0 unspecified atom stereocenters. The summed E-state index contributed by atoms with van der Waals surface area (Å²) in [5.74, 6) is -1.52. The second kappa shape index (κ2) is 7.77. The molecule has 0 radical (unpaired) electrons. The lowest BCUT2D eigenvalue weighted by Gasteiger charge is -2.17. The van der Waals surface area contributed by atoms with Gasteiger partial charge in [0.25, 0.3) is 5.91 Å². The average Bonchev–Trinajstić information content (AvgIpc) is 2.60. The number of urea groups is 1. The molecular formula is C17H16N2O5. The highest BCUT2D eigenvalue weighted by Crippen LogP contribution is 2.20. The Morgan fingerprint density at radius 1 is 1.00 bits per heavy atom. The van der Waals surface area contributed by atoms with E-state index in [4.69, 9.17) is 4.74 Å². The van der Waals surface area contributed by atoms with Crippen molar-refractivity contribution in [1.82, 2.24) is 10.6 Å². The molecule has 3 N–H and O–H groups in total. The van der Waals surface area contributed by atoms with E-state index in [0.29, 0.717) is 5.56 Å². The van der Waals surface area contributed by atoms with Crippen LogP contribution in [0.25, 0.3) is 0 Å². The number of nitrogens with one attached hydrogen (secondary N) is 2. The van der Waals surface area contributed by atoms with E-state index in [-0.39, 0.29) is 11.3 Å². The van der Waals surface area contributed by atoms with Crippen LogP contribution in [0.15, 0.2) is 54.6 Å². The van der Waals surface area contributed by atoms with Crippen molar-refractivity contribution in [2.24, 2.45) is 0 Å². The number of phenols is 1. The Morgan fingerprint density at radius 2 is 1.62 bits per heavy atom. The van der Waals surface area contributed by atoms with Gasteiger partial charge in [-0.25, -0.2) is 9.59 Å². The zero-order valence-corrected chi connectivity index (χ0v) is 12.9. The van der Waals surface area contributed by atoms with E-state index in [1.54, 1.807) is 30.3 Å². The van der Waals surface area contributed by atoms with Crippen molar-refractivity contribution < 1.29 is 24.2 Å². The van der Waals surface area contributed by atoms with Crippen LogP contribution in [0.4, 0.5) is 4.79 Å². The number of ether oxygens (including phenoxy) is 1. The summed E-state index contributed by atoms with van der Waals surface area (Å²) in [6, 6.07) is 13.0. The Bertz CT molecular complexity index is 728. The van der Waals surface area contributed by atoms with E-state index in [0.717, 1.165) is 0 Å². The monoisotopic (exact) mass is 328 g/mol. The molecule has 7 heteroatoms. The van der Waals surface area contributed by atoms with E-state index in [2.05, 4.69) is 10.6 Å². The summed E-state index contributed by atoms with van der Waals surface area (Å²) in [5.41, 5.74) is 0.590. The van der Waals surface area contributed by atoms with Gasteiger partial charge < -0.3 is 15.2 Å². The third kappa shape index (κ3) is 4.33. The molecule has 0 saturated carbocycles. The molecule has 3 amide bonds. The molecule has 2 rings (SSSR count). The number of carbonyl (C=O) groups excluding carboxylic acids is 3. The number of carbonyl (C=O) groups is 3. The van der Waals surface area contributed by atoms with Crippen molar-refractivity contribution >= 4 is 17.9 Å². The van der Waals surface area contributed by atoms with Gasteiger partial charge in [-0.1, -0.05) is 30.3 Å². The van der Waals surface area contributed by atoms with Gasteiger partial charge in [-0.15, -0.1) is 0 Å². The quantitative estimate of drug-likeness (QED) is 0.742. The van der Waals surface area contributed by atoms with Gasteiger partial charge in [-0.3, -0.25) is 10.1 Å². The van der Waals surface area contributed by atoms with Gasteiger partial charge in [0.15, 0.2) is 0 Å². The molecule has 0 heterocycles. The molecule has 2 aromatic rings. The lowest BCUT2D eigenvalue weighted by Crippen LogP contribution is -2.41. The topological polar surface area (TPSA) is 105 Å². The van der Waals surface area contributed by atoms with Gasteiger partial charge in [0, 0.05) is 12.6 Å². The molecule has 24 heavy (non-hydrogen) atoms. The van der Waals surface area contributed by atoms with Crippen LogP contribution in [0, 0.1) is 0 Å². The number of benzene rings is 2. The van der Waals surface area contributed by atoms with Gasteiger partial charge in [0.05, 0.1) is 5.56 Å². The van der Waals surface area contributed by atoms with Crippen molar-refractivity contribution in [3.63, 3.8) is 0 Å². The lowest BCUT2D eigenvalue weighted by molar-refractivity contribution is -0.129. The highest BCUT2D eigenvalue weighted by atomic mass is 16.5. The molecule has 2 aromatic carbocycles. The number of hydrogen-bond donors (Lipinski definition) is 3. The van der Waals surface area contributed by atoms with Crippen LogP contribution in [0.3, 0.4) is 0 Å². The fourth-order valence-corrected chi connectivity index (χ4v) is 1.91. The highest BCUT2D eigenvalue weighted by molar-refractivity contribution is 5.99. The lowest BCUT2D eigenvalue weighted by atomic mass is 10.1. The Balaban J connectivity index is 2.22. The molecule has 0 saturated heterocycles. The normalized spacial score (nSPS) is 11.2. The van der Waals surface area contributed by atoms with Gasteiger partial charge in [0.2, 0.25) is 6.10 Å². The molecule has 1 atom stereocenters. The minimum Gasteiger partial charge on any atom is -0.508 e. The molecule has 124 valence electrons.